The van der Waals surface area contributed by atoms with Crippen molar-refractivity contribution in [2.45, 2.75) is 5.88 Å². The van der Waals surface area contributed by atoms with Gasteiger partial charge in [0.2, 0.25) is 0 Å². The van der Waals surface area contributed by atoms with Crippen LogP contribution in [-0.2, 0) is 5.88 Å². The van der Waals surface area contributed by atoms with Gasteiger partial charge in [-0.3, -0.25) is 0 Å². The van der Waals surface area contributed by atoms with Crippen molar-refractivity contribution in [2.75, 3.05) is 4.05 Å². The van der Waals surface area contributed by atoms with Crippen molar-refractivity contribution < 1.29 is 0 Å². The molecule has 0 aliphatic rings. The minimum Gasteiger partial charge on any atom is -0.191 e. The maximum atomic E-state index is 8.86. The molecule has 0 aliphatic heterocycles. The fraction of sp³-hybridized carbons (Fsp3) is 0.286. The van der Waals surface area contributed by atoms with Crippen LogP contribution in [0.1, 0.15) is 11.3 Å². The third-order valence-electron chi connectivity index (χ3n) is 1.72. The zero-order valence-corrected chi connectivity index (χ0v) is 13.0. The minimum absolute atomic E-state index is 0.379. The lowest BCUT2D eigenvalue weighted by Gasteiger charge is -2.07. The summed E-state index contributed by atoms with van der Waals surface area (Å²) < 4.78 is 1.73. The van der Waals surface area contributed by atoms with Gasteiger partial charge in [-0.2, -0.15) is 5.26 Å². The van der Waals surface area contributed by atoms with Gasteiger partial charge in [0.1, 0.15) is 10.7 Å². The molecule has 0 aliphatic carbocycles. The Morgan fingerprint density at radius 3 is 2.79 bits per heavy atom. The summed E-state index contributed by atoms with van der Waals surface area (Å²) >= 11 is 11.4. The molecule has 7 heteroatoms. The quantitative estimate of drug-likeness (QED) is 0.431. The largest absolute Gasteiger partial charge is 0.191 e. The van der Waals surface area contributed by atoms with Gasteiger partial charge in [-0.25, -0.2) is 0 Å². The summed E-state index contributed by atoms with van der Waals surface area (Å²) in [6.45, 7) is 0. The lowest BCUT2D eigenvalue weighted by Crippen LogP contribution is -2.26. The molecule has 14 heavy (non-hydrogen) atoms. The van der Waals surface area contributed by atoms with Gasteiger partial charge >= 0.3 is 0 Å². The molecule has 0 spiro atoms. The zero-order valence-electron chi connectivity index (χ0n) is 7.10. The van der Waals surface area contributed by atoms with Gasteiger partial charge in [0, 0.05) is 5.56 Å². The van der Waals surface area contributed by atoms with Gasteiger partial charge in [-0.1, -0.05) is 22.6 Å². The average molecular weight is 402 g/mol. The maximum Gasteiger partial charge on any atom is 0.162 e. The number of nitriles is 1. The molecule has 0 aromatic carbocycles. The van der Waals surface area contributed by atoms with E-state index in [2.05, 4.69) is 54.8 Å². The molecule has 0 unspecified atom stereocenters. The molecular weight excluding hydrogens is 396 g/mol. The summed E-state index contributed by atoms with van der Waals surface area (Å²) in [5.74, 6) is 0.379. The Morgan fingerprint density at radius 2 is 2.29 bits per heavy atom. The predicted molar refractivity (Wildman–Crippen MR) is 71.1 cm³/mol. The fourth-order valence-corrected chi connectivity index (χ4v) is 5.18. The minimum atomic E-state index is -0.455. The third-order valence-corrected chi connectivity index (χ3v) is 5.69. The van der Waals surface area contributed by atoms with Crippen LogP contribution in [0.3, 0.4) is 0 Å². The molecule has 0 radical (unpaired) electrons. The highest BCUT2D eigenvalue weighted by atomic mass is 127. The molecule has 0 N–H and O–H groups in total. The second kappa shape index (κ2) is 6.00. The van der Waals surface area contributed by atoms with Gasteiger partial charge < -0.3 is 0 Å². The van der Waals surface area contributed by atoms with Crippen LogP contribution in [0.15, 0.2) is 4.60 Å². The topological polar surface area (TPSA) is 49.6 Å². The van der Waals surface area contributed by atoms with E-state index in [0.717, 1.165) is 14.8 Å². The van der Waals surface area contributed by atoms with Crippen molar-refractivity contribution in [1.82, 2.24) is 10.2 Å². The maximum absolute atomic E-state index is 8.86. The fourth-order valence-electron chi connectivity index (χ4n) is 1.07. The molecule has 0 bridgehead atoms. The number of alkyl halides is 2. The van der Waals surface area contributed by atoms with Crippen molar-refractivity contribution in [3.8, 4) is 6.07 Å². The van der Waals surface area contributed by atoms with E-state index in [1.807, 2.05) is 0 Å². The first-order valence-electron chi connectivity index (χ1n) is 3.80. The zero-order chi connectivity index (χ0) is 10.6. The summed E-state index contributed by atoms with van der Waals surface area (Å²) in [6.07, 6.45) is 0. The van der Waals surface area contributed by atoms with E-state index >= 15 is 0 Å². The Morgan fingerprint density at radius 1 is 1.57 bits per heavy atom. The lowest BCUT2D eigenvalue weighted by molar-refractivity contribution is 0.975. The standard InChI is InChI=1S/C7H6BrClIN3Si/c8-7-4(1-9)6(14-3-10)5(2-11)12-13-7/h1,3,14H2. The molecule has 0 fully saturated rings. The molecule has 0 saturated carbocycles. The average Bonchev–Trinajstić information content (AvgIpc) is 2.19. The van der Waals surface area contributed by atoms with Gasteiger partial charge in [0.15, 0.2) is 5.69 Å². The van der Waals surface area contributed by atoms with E-state index in [1.165, 1.54) is 0 Å². The van der Waals surface area contributed by atoms with Gasteiger partial charge in [-0.15, -0.1) is 21.8 Å². The summed E-state index contributed by atoms with van der Waals surface area (Å²) in [4.78, 5) is 0. The highest BCUT2D eigenvalue weighted by Crippen LogP contribution is 2.13. The Balaban J connectivity index is 3.30. The van der Waals surface area contributed by atoms with Crippen molar-refractivity contribution in [1.29, 1.82) is 5.26 Å². The molecule has 1 rings (SSSR count). The highest BCUT2D eigenvalue weighted by molar-refractivity contribution is 14.1. The van der Waals surface area contributed by atoms with Crippen molar-refractivity contribution >= 4 is 64.8 Å². The molecule has 74 valence electrons. The van der Waals surface area contributed by atoms with Gasteiger partial charge in [0.25, 0.3) is 0 Å². The molecule has 0 atom stereocenters. The van der Waals surface area contributed by atoms with Crippen LogP contribution in [0, 0.1) is 11.3 Å². The smallest absolute Gasteiger partial charge is 0.162 e. The Hall–Kier alpha value is 0.287. The van der Waals surface area contributed by atoms with Crippen LogP contribution in [0.25, 0.3) is 0 Å². The van der Waals surface area contributed by atoms with Crippen LogP contribution in [0.5, 0.6) is 0 Å². The van der Waals surface area contributed by atoms with Crippen LogP contribution in [0.4, 0.5) is 0 Å². The molecule has 1 heterocycles. The van der Waals surface area contributed by atoms with Gasteiger partial charge in [0.05, 0.1) is 15.4 Å². The Kier molecular flexibility index (Phi) is 5.29. The van der Waals surface area contributed by atoms with Crippen LogP contribution in [-0.4, -0.2) is 23.8 Å². The summed E-state index contributed by atoms with van der Waals surface area (Å²) in [5, 5.41) is 17.6. The Labute approximate surface area is 111 Å². The molecule has 0 amide bonds. The predicted octanol–water partition coefficient (Wildman–Crippen LogP) is 1.04. The number of rotatable bonds is 3. The number of nitrogens with zero attached hydrogens (tertiary/aromatic N) is 3. The second-order valence-corrected chi connectivity index (χ2v) is 8.32. The van der Waals surface area contributed by atoms with Crippen molar-refractivity contribution in [3.05, 3.63) is 15.9 Å². The van der Waals surface area contributed by atoms with E-state index in [4.69, 9.17) is 16.9 Å². The van der Waals surface area contributed by atoms with E-state index in [0.29, 0.717) is 16.2 Å². The molecule has 1 aromatic rings. The lowest BCUT2D eigenvalue weighted by atomic mass is 10.3. The van der Waals surface area contributed by atoms with E-state index in [-0.39, 0.29) is 0 Å². The summed E-state index contributed by atoms with van der Waals surface area (Å²) in [7, 11) is -0.455. The Bertz CT molecular complexity index is 382. The first kappa shape index (κ1) is 12.4. The van der Waals surface area contributed by atoms with E-state index in [9.17, 15) is 0 Å². The van der Waals surface area contributed by atoms with Crippen molar-refractivity contribution in [3.63, 3.8) is 0 Å². The first-order chi connectivity index (χ1) is 6.74. The van der Waals surface area contributed by atoms with Gasteiger partial charge in [-0.05, 0) is 25.2 Å². The summed E-state index contributed by atoms with van der Waals surface area (Å²) in [5.41, 5.74) is 1.37. The number of hydrogen-bond donors (Lipinski definition) is 0. The monoisotopic (exact) mass is 401 g/mol. The number of halogens is 3. The van der Waals surface area contributed by atoms with Crippen LogP contribution >= 0.6 is 50.1 Å². The molecular formula is C7H6BrClIN3Si. The third kappa shape index (κ3) is 2.65. The first-order valence-corrected chi connectivity index (χ1v) is 8.36. The van der Waals surface area contributed by atoms with Crippen LogP contribution in [0.2, 0.25) is 0 Å². The summed E-state index contributed by atoms with van der Waals surface area (Å²) in [6, 6.07) is 2.06. The number of hydrogen-bond acceptors (Lipinski definition) is 3. The number of aromatic nitrogens is 2. The molecule has 0 saturated heterocycles. The van der Waals surface area contributed by atoms with Crippen LogP contribution < -0.4 is 5.19 Å². The van der Waals surface area contributed by atoms with E-state index in [1.54, 1.807) is 0 Å². The SMILES string of the molecule is N#Cc1nnc(Br)c(CCl)c1[SiH2]CI. The second-order valence-electron chi connectivity index (χ2n) is 2.48. The van der Waals surface area contributed by atoms with E-state index < -0.39 is 9.52 Å². The molecule has 1 aromatic heterocycles. The van der Waals surface area contributed by atoms with Crippen molar-refractivity contribution in [2.24, 2.45) is 0 Å². The normalized spacial score (nSPS) is 10.7. The molecule has 3 nitrogen and oxygen atoms in total. The highest BCUT2D eigenvalue weighted by Gasteiger charge is 2.13.